The largest absolute Gasteiger partial charge is 0.482 e. The molecule has 0 unspecified atom stereocenters. The molecule has 1 aromatic rings. The Labute approximate surface area is 138 Å². The van der Waals surface area contributed by atoms with Crippen LogP contribution in [-0.4, -0.2) is 31.6 Å². The molecular weight excluding hydrogens is 294 g/mol. The highest BCUT2D eigenvalue weighted by Crippen LogP contribution is 2.27. The summed E-state index contributed by atoms with van der Waals surface area (Å²) in [7, 11) is 0. The topological polar surface area (TPSA) is 64.6 Å². The highest BCUT2D eigenvalue weighted by molar-refractivity contribution is 5.80. The molecule has 23 heavy (non-hydrogen) atoms. The lowest BCUT2D eigenvalue weighted by Crippen LogP contribution is -2.32. The highest BCUT2D eigenvalue weighted by Gasteiger charge is 2.12. The molecule has 1 aromatic carbocycles. The van der Waals surface area contributed by atoms with Gasteiger partial charge in [-0.3, -0.25) is 4.79 Å². The van der Waals surface area contributed by atoms with Crippen LogP contribution >= 0.6 is 0 Å². The number of benzene rings is 1. The third-order valence-electron chi connectivity index (χ3n) is 3.21. The second-order valence-corrected chi connectivity index (χ2v) is 6.34. The Hall–Kier alpha value is -2.04. The number of amides is 1. The van der Waals surface area contributed by atoms with E-state index in [1.165, 1.54) is 0 Å². The third kappa shape index (κ3) is 7.17. The summed E-state index contributed by atoms with van der Waals surface area (Å²) >= 11 is 0. The maximum atomic E-state index is 11.7. The molecule has 0 aliphatic rings. The minimum absolute atomic E-state index is 0.208. The van der Waals surface area contributed by atoms with Crippen LogP contribution in [0.5, 0.6) is 5.75 Å². The van der Waals surface area contributed by atoms with E-state index in [1.807, 2.05) is 39.0 Å². The molecule has 0 fully saturated rings. The molecule has 128 valence electrons. The van der Waals surface area contributed by atoms with E-state index in [4.69, 9.17) is 9.47 Å². The van der Waals surface area contributed by atoms with Crippen LogP contribution in [0.1, 0.15) is 44.7 Å². The summed E-state index contributed by atoms with van der Waals surface area (Å²) in [5.41, 5.74) is 2.10. The van der Waals surface area contributed by atoms with E-state index >= 15 is 0 Å². The lowest BCUT2D eigenvalue weighted by Gasteiger charge is -2.14. The highest BCUT2D eigenvalue weighted by atomic mass is 16.6. The van der Waals surface area contributed by atoms with Gasteiger partial charge in [-0.05, 0) is 36.0 Å². The SMILES string of the molecule is Cc1ccc(C(C)C)c(OCC(=O)OCC(=O)NCC(C)C)c1. The van der Waals surface area contributed by atoms with Crippen molar-refractivity contribution in [2.24, 2.45) is 5.92 Å². The smallest absolute Gasteiger partial charge is 0.344 e. The molecule has 5 nitrogen and oxygen atoms in total. The molecule has 1 N–H and O–H groups in total. The Morgan fingerprint density at radius 2 is 1.83 bits per heavy atom. The van der Waals surface area contributed by atoms with Crippen LogP contribution in [0.25, 0.3) is 0 Å². The molecule has 1 rings (SSSR count). The van der Waals surface area contributed by atoms with Crippen LogP contribution in [0.15, 0.2) is 18.2 Å². The maximum absolute atomic E-state index is 11.7. The van der Waals surface area contributed by atoms with E-state index in [9.17, 15) is 9.59 Å². The first-order chi connectivity index (χ1) is 10.8. The second-order valence-electron chi connectivity index (χ2n) is 6.34. The van der Waals surface area contributed by atoms with Gasteiger partial charge in [0.2, 0.25) is 0 Å². The van der Waals surface area contributed by atoms with Crippen molar-refractivity contribution in [3.63, 3.8) is 0 Å². The first-order valence-electron chi connectivity index (χ1n) is 7.95. The molecule has 0 aliphatic carbocycles. The molecule has 0 atom stereocenters. The maximum Gasteiger partial charge on any atom is 0.344 e. The van der Waals surface area contributed by atoms with Gasteiger partial charge in [0.05, 0.1) is 0 Å². The Morgan fingerprint density at radius 1 is 1.13 bits per heavy atom. The molecule has 1 amide bonds. The van der Waals surface area contributed by atoms with Gasteiger partial charge in [0, 0.05) is 6.54 Å². The number of hydrogen-bond donors (Lipinski definition) is 1. The quantitative estimate of drug-likeness (QED) is 0.748. The minimum Gasteiger partial charge on any atom is -0.482 e. The van der Waals surface area contributed by atoms with E-state index in [0.29, 0.717) is 24.1 Å². The van der Waals surface area contributed by atoms with E-state index in [1.54, 1.807) is 0 Å². The van der Waals surface area contributed by atoms with Crippen molar-refractivity contribution < 1.29 is 19.1 Å². The summed E-state index contributed by atoms with van der Waals surface area (Å²) in [5.74, 6) is 0.477. The summed E-state index contributed by atoms with van der Waals surface area (Å²) < 4.78 is 10.5. The Morgan fingerprint density at radius 3 is 2.43 bits per heavy atom. The second kappa shape index (κ2) is 9.18. The predicted octanol–water partition coefficient (Wildman–Crippen LogP) is 2.81. The summed E-state index contributed by atoms with van der Waals surface area (Å²) in [6.45, 7) is 10.2. The van der Waals surface area contributed by atoms with Gasteiger partial charge in [-0.15, -0.1) is 0 Å². The van der Waals surface area contributed by atoms with Gasteiger partial charge in [-0.1, -0.05) is 39.8 Å². The van der Waals surface area contributed by atoms with E-state index in [2.05, 4.69) is 19.2 Å². The first kappa shape index (κ1) is 19.0. The predicted molar refractivity (Wildman–Crippen MR) is 89.6 cm³/mol. The number of carbonyl (C=O) groups is 2. The van der Waals surface area contributed by atoms with Gasteiger partial charge in [0.25, 0.3) is 5.91 Å². The van der Waals surface area contributed by atoms with Crippen molar-refractivity contribution in [1.29, 1.82) is 0 Å². The minimum atomic E-state index is -0.555. The molecule has 5 heteroatoms. The van der Waals surface area contributed by atoms with Gasteiger partial charge in [-0.2, -0.15) is 0 Å². The van der Waals surface area contributed by atoms with Crippen LogP contribution < -0.4 is 10.1 Å². The lowest BCUT2D eigenvalue weighted by atomic mass is 10.0. The lowest BCUT2D eigenvalue weighted by molar-refractivity contribution is -0.150. The fourth-order valence-electron chi connectivity index (χ4n) is 1.94. The molecule has 0 bridgehead atoms. The van der Waals surface area contributed by atoms with E-state index < -0.39 is 5.97 Å². The van der Waals surface area contributed by atoms with Crippen LogP contribution in [0.4, 0.5) is 0 Å². The van der Waals surface area contributed by atoms with Gasteiger partial charge in [0.1, 0.15) is 5.75 Å². The monoisotopic (exact) mass is 321 g/mol. The third-order valence-corrected chi connectivity index (χ3v) is 3.21. The zero-order valence-corrected chi connectivity index (χ0v) is 14.6. The van der Waals surface area contributed by atoms with E-state index in [-0.39, 0.29) is 19.1 Å². The summed E-state index contributed by atoms with van der Waals surface area (Å²) in [5, 5.41) is 2.69. The molecule has 0 spiro atoms. The molecule has 0 radical (unpaired) electrons. The normalized spacial score (nSPS) is 10.7. The number of nitrogens with one attached hydrogen (secondary N) is 1. The van der Waals surface area contributed by atoms with Crippen molar-refractivity contribution in [3.8, 4) is 5.75 Å². The number of ether oxygens (including phenoxy) is 2. The first-order valence-corrected chi connectivity index (χ1v) is 7.95. The zero-order chi connectivity index (χ0) is 17.4. The van der Waals surface area contributed by atoms with Crippen LogP contribution in [-0.2, 0) is 14.3 Å². The summed E-state index contributed by atoms with van der Waals surface area (Å²) in [6.07, 6.45) is 0. The van der Waals surface area contributed by atoms with Crippen molar-refractivity contribution in [1.82, 2.24) is 5.32 Å². The fraction of sp³-hybridized carbons (Fsp3) is 0.556. The summed E-state index contributed by atoms with van der Waals surface area (Å²) in [6, 6.07) is 5.91. The summed E-state index contributed by atoms with van der Waals surface area (Å²) in [4.78, 5) is 23.2. The molecular formula is C18H27NO4. The van der Waals surface area contributed by atoms with Gasteiger partial charge in [0.15, 0.2) is 13.2 Å². The van der Waals surface area contributed by atoms with Gasteiger partial charge >= 0.3 is 5.97 Å². The van der Waals surface area contributed by atoms with Crippen molar-refractivity contribution in [3.05, 3.63) is 29.3 Å². The Bertz CT molecular complexity index is 538. The van der Waals surface area contributed by atoms with Crippen LogP contribution in [0.3, 0.4) is 0 Å². The zero-order valence-electron chi connectivity index (χ0n) is 14.6. The van der Waals surface area contributed by atoms with Crippen molar-refractivity contribution in [2.45, 2.75) is 40.5 Å². The Balaban J connectivity index is 2.45. The number of esters is 1. The van der Waals surface area contributed by atoms with E-state index in [0.717, 1.165) is 11.1 Å². The van der Waals surface area contributed by atoms with Crippen molar-refractivity contribution >= 4 is 11.9 Å². The molecule has 0 saturated heterocycles. The number of rotatable bonds is 8. The van der Waals surface area contributed by atoms with Crippen LogP contribution in [0.2, 0.25) is 0 Å². The molecule has 0 heterocycles. The van der Waals surface area contributed by atoms with Crippen LogP contribution in [0, 0.1) is 12.8 Å². The molecule has 0 aliphatic heterocycles. The fourth-order valence-corrected chi connectivity index (χ4v) is 1.94. The Kier molecular flexibility index (Phi) is 7.59. The average molecular weight is 321 g/mol. The van der Waals surface area contributed by atoms with Gasteiger partial charge < -0.3 is 14.8 Å². The number of hydrogen-bond acceptors (Lipinski definition) is 4. The van der Waals surface area contributed by atoms with Crippen molar-refractivity contribution in [2.75, 3.05) is 19.8 Å². The average Bonchev–Trinajstić information content (AvgIpc) is 2.48. The number of carbonyl (C=O) groups excluding carboxylic acids is 2. The molecule has 0 saturated carbocycles. The van der Waals surface area contributed by atoms with Gasteiger partial charge in [-0.25, -0.2) is 4.79 Å². The molecule has 0 aromatic heterocycles. The number of aryl methyl sites for hydroxylation is 1. The standard InChI is InChI=1S/C18H27NO4/c1-12(2)9-19-17(20)10-23-18(21)11-22-16-8-14(5)6-7-15(16)13(3)4/h6-8,12-13H,9-11H2,1-5H3,(H,19,20).